The Morgan fingerprint density at radius 2 is 2.29 bits per heavy atom. The second kappa shape index (κ2) is 7.09. The molecule has 0 saturated carbocycles. The van der Waals surface area contributed by atoms with Crippen molar-refractivity contribution in [3.63, 3.8) is 0 Å². The zero-order valence-corrected chi connectivity index (χ0v) is 14.0. The quantitative estimate of drug-likeness (QED) is 0.603. The van der Waals surface area contributed by atoms with Crippen molar-refractivity contribution in [2.45, 2.75) is 44.5 Å². The Morgan fingerprint density at radius 1 is 1.48 bits per heavy atom. The van der Waals surface area contributed by atoms with Crippen LogP contribution in [0.4, 0.5) is 0 Å². The lowest BCUT2D eigenvalue weighted by atomic mass is 10.2. The molecule has 0 bridgehead atoms. The van der Waals surface area contributed by atoms with Gasteiger partial charge in [-0.3, -0.25) is 4.79 Å². The third-order valence-electron chi connectivity index (χ3n) is 2.50. The van der Waals surface area contributed by atoms with Crippen LogP contribution < -0.4 is 0 Å². The molecule has 0 unspecified atom stereocenters. The molecule has 0 amide bonds. The van der Waals surface area contributed by atoms with Crippen LogP contribution in [0.3, 0.4) is 0 Å². The Hall–Kier alpha value is -1.34. The maximum atomic E-state index is 11.7. The van der Waals surface area contributed by atoms with E-state index in [1.165, 1.54) is 16.6 Å². The molecule has 0 saturated heterocycles. The highest BCUT2D eigenvalue weighted by Gasteiger charge is 2.17. The number of nitrogens with zero attached hydrogens (tertiary/aromatic N) is 3. The minimum absolute atomic E-state index is 0.236. The summed E-state index contributed by atoms with van der Waals surface area (Å²) >= 11 is 3.10. The first-order valence-corrected chi connectivity index (χ1v) is 8.55. The maximum Gasteiger partial charge on any atom is 0.316 e. The first-order valence-electron chi connectivity index (χ1n) is 6.69. The molecule has 2 heterocycles. The standard InChI is InChI=1S/C14H19N3O2S2/c1-14(2,3)19-12(18)9-21-13-16-15-10-17(13)7-6-11-5-4-8-20-11/h4-5,8,10H,6-7,9H2,1-3H3. The highest BCUT2D eigenvalue weighted by Crippen LogP contribution is 2.18. The summed E-state index contributed by atoms with van der Waals surface area (Å²) in [6.45, 7) is 6.39. The van der Waals surface area contributed by atoms with Gasteiger partial charge in [0.05, 0.1) is 5.75 Å². The van der Waals surface area contributed by atoms with Gasteiger partial charge in [-0.15, -0.1) is 21.5 Å². The van der Waals surface area contributed by atoms with Crippen LogP contribution in [0.5, 0.6) is 0 Å². The number of rotatable bonds is 6. The lowest BCUT2D eigenvalue weighted by Gasteiger charge is -2.19. The van der Waals surface area contributed by atoms with Crippen molar-refractivity contribution < 1.29 is 9.53 Å². The summed E-state index contributed by atoms with van der Waals surface area (Å²) in [7, 11) is 0. The molecule has 2 aromatic rings. The molecule has 0 radical (unpaired) electrons. The lowest BCUT2D eigenvalue weighted by molar-refractivity contribution is -0.151. The number of ether oxygens (including phenoxy) is 1. The minimum Gasteiger partial charge on any atom is -0.459 e. The van der Waals surface area contributed by atoms with E-state index in [4.69, 9.17) is 4.74 Å². The number of thioether (sulfide) groups is 1. The summed E-state index contributed by atoms with van der Waals surface area (Å²) < 4.78 is 7.25. The number of esters is 1. The van der Waals surface area contributed by atoms with Gasteiger partial charge in [0.1, 0.15) is 11.9 Å². The minimum atomic E-state index is -0.454. The monoisotopic (exact) mass is 325 g/mol. The molecule has 0 atom stereocenters. The van der Waals surface area contributed by atoms with Crippen LogP contribution in [0, 0.1) is 0 Å². The van der Waals surface area contributed by atoms with Crippen molar-refractivity contribution in [1.29, 1.82) is 0 Å². The summed E-state index contributed by atoms with van der Waals surface area (Å²) in [6, 6.07) is 4.16. The Morgan fingerprint density at radius 3 is 2.95 bits per heavy atom. The summed E-state index contributed by atoms with van der Waals surface area (Å²) in [4.78, 5) is 13.0. The van der Waals surface area contributed by atoms with Crippen molar-refractivity contribution in [3.8, 4) is 0 Å². The first-order chi connectivity index (χ1) is 9.94. The van der Waals surface area contributed by atoms with E-state index >= 15 is 0 Å². The molecule has 21 heavy (non-hydrogen) atoms. The molecule has 0 fully saturated rings. The van der Waals surface area contributed by atoms with E-state index in [2.05, 4.69) is 21.6 Å². The molecule has 114 valence electrons. The van der Waals surface area contributed by atoms with Gasteiger partial charge in [0.15, 0.2) is 5.16 Å². The molecular formula is C14H19N3O2S2. The van der Waals surface area contributed by atoms with Crippen LogP contribution in [-0.4, -0.2) is 32.1 Å². The van der Waals surface area contributed by atoms with E-state index in [0.717, 1.165) is 18.1 Å². The number of hydrogen-bond acceptors (Lipinski definition) is 6. The lowest BCUT2D eigenvalue weighted by Crippen LogP contribution is -2.25. The Balaban J connectivity index is 1.84. The molecular weight excluding hydrogens is 306 g/mol. The average Bonchev–Trinajstić information content (AvgIpc) is 3.03. The largest absolute Gasteiger partial charge is 0.459 e. The van der Waals surface area contributed by atoms with Crippen LogP contribution in [0.15, 0.2) is 29.0 Å². The van der Waals surface area contributed by atoms with Crippen LogP contribution in [0.25, 0.3) is 0 Å². The van der Waals surface area contributed by atoms with Crippen molar-refractivity contribution in [2.24, 2.45) is 0 Å². The van der Waals surface area contributed by atoms with Gasteiger partial charge in [0.25, 0.3) is 0 Å². The van der Waals surface area contributed by atoms with Crippen LogP contribution in [0.1, 0.15) is 25.6 Å². The van der Waals surface area contributed by atoms with E-state index in [1.807, 2.05) is 31.4 Å². The molecule has 0 aromatic carbocycles. The van der Waals surface area contributed by atoms with Crippen LogP contribution in [0.2, 0.25) is 0 Å². The number of aryl methyl sites for hydroxylation is 2. The normalized spacial score (nSPS) is 11.6. The van der Waals surface area contributed by atoms with E-state index in [-0.39, 0.29) is 11.7 Å². The zero-order chi connectivity index (χ0) is 15.3. The third-order valence-corrected chi connectivity index (χ3v) is 4.39. The molecule has 0 spiro atoms. The Kier molecular flexibility index (Phi) is 5.41. The summed E-state index contributed by atoms with van der Waals surface area (Å²) in [5, 5.41) is 10.8. The Labute approximate surface area is 132 Å². The molecule has 0 aliphatic rings. The molecule has 7 heteroatoms. The molecule has 0 N–H and O–H groups in total. The van der Waals surface area contributed by atoms with Gasteiger partial charge in [-0.2, -0.15) is 0 Å². The van der Waals surface area contributed by atoms with Gasteiger partial charge in [0.2, 0.25) is 0 Å². The topological polar surface area (TPSA) is 57.0 Å². The average molecular weight is 325 g/mol. The van der Waals surface area contributed by atoms with Gasteiger partial charge in [-0.05, 0) is 38.6 Å². The number of hydrogen-bond donors (Lipinski definition) is 0. The third kappa shape index (κ3) is 5.51. The van der Waals surface area contributed by atoms with E-state index < -0.39 is 5.60 Å². The van der Waals surface area contributed by atoms with Gasteiger partial charge >= 0.3 is 5.97 Å². The van der Waals surface area contributed by atoms with Crippen molar-refractivity contribution in [2.75, 3.05) is 5.75 Å². The predicted octanol–water partition coefficient (Wildman–Crippen LogP) is 3.02. The summed E-state index contributed by atoms with van der Waals surface area (Å²) in [5.41, 5.74) is -0.454. The fraction of sp³-hybridized carbons (Fsp3) is 0.500. The number of carbonyl (C=O) groups excluding carboxylic acids is 1. The Bertz CT molecular complexity index is 573. The highest BCUT2D eigenvalue weighted by atomic mass is 32.2. The van der Waals surface area contributed by atoms with E-state index in [1.54, 1.807) is 17.7 Å². The van der Waals surface area contributed by atoms with Gasteiger partial charge in [-0.1, -0.05) is 17.8 Å². The van der Waals surface area contributed by atoms with E-state index in [9.17, 15) is 4.79 Å². The van der Waals surface area contributed by atoms with Gasteiger partial charge in [0, 0.05) is 11.4 Å². The van der Waals surface area contributed by atoms with Gasteiger partial charge < -0.3 is 9.30 Å². The smallest absolute Gasteiger partial charge is 0.316 e. The fourth-order valence-electron chi connectivity index (χ4n) is 1.69. The molecule has 2 aromatic heterocycles. The molecule has 2 rings (SSSR count). The van der Waals surface area contributed by atoms with Crippen LogP contribution >= 0.6 is 23.1 Å². The number of thiophene rings is 1. The SMILES string of the molecule is CC(C)(C)OC(=O)CSc1nncn1CCc1cccs1. The molecule has 0 aliphatic carbocycles. The van der Waals surface area contributed by atoms with Crippen molar-refractivity contribution in [1.82, 2.24) is 14.8 Å². The molecule has 0 aliphatic heterocycles. The second-order valence-electron chi connectivity index (χ2n) is 5.51. The number of aromatic nitrogens is 3. The van der Waals surface area contributed by atoms with E-state index in [0.29, 0.717) is 0 Å². The first kappa shape index (κ1) is 16.0. The zero-order valence-electron chi connectivity index (χ0n) is 12.4. The molecule has 5 nitrogen and oxygen atoms in total. The van der Waals surface area contributed by atoms with Crippen LogP contribution in [-0.2, 0) is 22.5 Å². The van der Waals surface area contributed by atoms with Crippen molar-refractivity contribution in [3.05, 3.63) is 28.7 Å². The van der Waals surface area contributed by atoms with Gasteiger partial charge in [-0.25, -0.2) is 0 Å². The fourth-order valence-corrected chi connectivity index (χ4v) is 3.10. The summed E-state index contributed by atoms with van der Waals surface area (Å²) in [6.07, 6.45) is 2.64. The highest BCUT2D eigenvalue weighted by molar-refractivity contribution is 7.99. The summed E-state index contributed by atoms with van der Waals surface area (Å²) in [5.74, 6) is 0.00918. The second-order valence-corrected chi connectivity index (χ2v) is 7.49. The van der Waals surface area contributed by atoms with Crippen molar-refractivity contribution >= 4 is 29.1 Å². The maximum absolute atomic E-state index is 11.7. The predicted molar refractivity (Wildman–Crippen MR) is 84.6 cm³/mol. The number of carbonyl (C=O) groups is 1.